The third-order valence-corrected chi connectivity index (χ3v) is 6.45. The molecule has 1 aliphatic heterocycles. The van der Waals surface area contributed by atoms with E-state index in [1.807, 2.05) is 30.3 Å². The van der Waals surface area contributed by atoms with Crippen LogP contribution in [0.5, 0.6) is 0 Å². The molecule has 1 fully saturated rings. The number of hydrogen-bond acceptors (Lipinski definition) is 5. The van der Waals surface area contributed by atoms with Crippen molar-refractivity contribution in [3.63, 3.8) is 0 Å². The van der Waals surface area contributed by atoms with Crippen LogP contribution < -0.4 is 0 Å². The lowest BCUT2D eigenvalue weighted by Crippen LogP contribution is -2.42. The summed E-state index contributed by atoms with van der Waals surface area (Å²) < 4.78 is 32.2. The van der Waals surface area contributed by atoms with Crippen LogP contribution in [0.4, 0.5) is 0 Å². The highest BCUT2D eigenvalue weighted by atomic mass is 32.2. The topological polar surface area (TPSA) is 76.6 Å². The van der Waals surface area contributed by atoms with Gasteiger partial charge < -0.3 is 4.74 Å². The first-order valence-electron chi connectivity index (χ1n) is 9.15. The van der Waals surface area contributed by atoms with Gasteiger partial charge >= 0.3 is 5.97 Å². The number of hydrogen-bond donors (Lipinski definition) is 0. The standard InChI is InChI=1S/C20H24N2O4S/c23-20(26-14-6-10-17-9-4-12-21-15-17)19-11-5-13-22(19)27(24,25)16-18-7-2-1-3-8-18/h1-4,7-9,12,15,19H,5-6,10-11,13-14,16H2/t19-/m0/s1. The van der Waals surface area contributed by atoms with Crippen molar-refractivity contribution in [2.75, 3.05) is 13.2 Å². The minimum Gasteiger partial charge on any atom is -0.464 e. The minimum atomic E-state index is -3.56. The van der Waals surface area contributed by atoms with Crippen LogP contribution in [-0.2, 0) is 31.7 Å². The van der Waals surface area contributed by atoms with Crippen LogP contribution in [0.1, 0.15) is 30.4 Å². The second-order valence-electron chi connectivity index (χ2n) is 6.64. The molecular formula is C20H24N2O4S. The van der Waals surface area contributed by atoms with Crippen LogP contribution >= 0.6 is 0 Å². The fraction of sp³-hybridized carbons (Fsp3) is 0.400. The van der Waals surface area contributed by atoms with Gasteiger partial charge in [0.2, 0.25) is 10.0 Å². The Morgan fingerprint density at radius 2 is 1.93 bits per heavy atom. The average molecular weight is 388 g/mol. The Hall–Kier alpha value is -2.25. The number of ether oxygens (including phenoxy) is 1. The Balaban J connectivity index is 1.53. The van der Waals surface area contributed by atoms with Crippen molar-refractivity contribution < 1.29 is 17.9 Å². The van der Waals surface area contributed by atoms with Crippen LogP contribution in [0, 0.1) is 0 Å². The Labute approximate surface area is 160 Å². The molecule has 0 N–H and O–H groups in total. The van der Waals surface area contributed by atoms with Crippen molar-refractivity contribution in [2.24, 2.45) is 0 Å². The van der Waals surface area contributed by atoms with Crippen LogP contribution in [-0.4, -0.2) is 42.9 Å². The van der Waals surface area contributed by atoms with Gasteiger partial charge in [-0.2, -0.15) is 4.31 Å². The zero-order valence-corrected chi connectivity index (χ0v) is 16.0. The van der Waals surface area contributed by atoms with E-state index in [4.69, 9.17) is 4.74 Å². The van der Waals surface area contributed by atoms with E-state index in [1.165, 1.54) is 4.31 Å². The molecule has 0 saturated carbocycles. The van der Waals surface area contributed by atoms with Crippen LogP contribution in [0.25, 0.3) is 0 Å². The highest BCUT2D eigenvalue weighted by molar-refractivity contribution is 7.88. The summed E-state index contributed by atoms with van der Waals surface area (Å²) in [5.41, 5.74) is 1.80. The van der Waals surface area contributed by atoms with Crippen LogP contribution in [0.3, 0.4) is 0 Å². The second-order valence-corrected chi connectivity index (χ2v) is 8.56. The van der Waals surface area contributed by atoms with E-state index in [2.05, 4.69) is 4.98 Å². The molecule has 1 aliphatic rings. The first-order valence-corrected chi connectivity index (χ1v) is 10.8. The fourth-order valence-electron chi connectivity index (χ4n) is 3.27. The summed E-state index contributed by atoms with van der Waals surface area (Å²) in [7, 11) is -3.56. The molecule has 0 bridgehead atoms. The summed E-state index contributed by atoms with van der Waals surface area (Å²) >= 11 is 0. The first-order chi connectivity index (χ1) is 13.1. The maximum Gasteiger partial charge on any atom is 0.324 e. The molecular weight excluding hydrogens is 364 g/mol. The fourth-order valence-corrected chi connectivity index (χ4v) is 5.03. The van der Waals surface area contributed by atoms with E-state index in [0.29, 0.717) is 31.4 Å². The number of esters is 1. The number of benzene rings is 1. The molecule has 0 radical (unpaired) electrons. The van der Waals surface area contributed by atoms with Crippen LogP contribution in [0.2, 0.25) is 0 Å². The number of pyridine rings is 1. The number of nitrogens with zero attached hydrogens (tertiary/aromatic N) is 2. The Morgan fingerprint density at radius 3 is 2.67 bits per heavy atom. The number of rotatable bonds is 8. The van der Waals surface area contributed by atoms with Gasteiger partial charge in [0, 0.05) is 18.9 Å². The van der Waals surface area contributed by atoms with Crippen molar-refractivity contribution in [3.8, 4) is 0 Å². The van der Waals surface area contributed by atoms with E-state index in [-0.39, 0.29) is 12.4 Å². The van der Waals surface area contributed by atoms with E-state index >= 15 is 0 Å². The van der Waals surface area contributed by atoms with Gasteiger partial charge in [0.05, 0.1) is 12.4 Å². The van der Waals surface area contributed by atoms with Gasteiger partial charge in [-0.05, 0) is 42.9 Å². The monoisotopic (exact) mass is 388 g/mol. The Kier molecular flexibility index (Phi) is 6.58. The molecule has 3 rings (SSSR count). The highest BCUT2D eigenvalue weighted by Crippen LogP contribution is 2.24. The van der Waals surface area contributed by atoms with Crippen molar-refractivity contribution >= 4 is 16.0 Å². The predicted molar refractivity (Wildman–Crippen MR) is 102 cm³/mol. The van der Waals surface area contributed by atoms with Gasteiger partial charge in [-0.3, -0.25) is 9.78 Å². The van der Waals surface area contributed by atoms with E-state index in [0.717, 1.165) is 12.0 Å². The molecule has 144 valence electrons. The normalized spacial score (nSPS) is 17.7. The average Bonchev–Trinajstić information content (AvgIpc) is 3.17. The molecule has 2 aromatic rings. The maximum absolute atomic E-state index is 12.7. The summed E-state index contributed by atoms with van der Waals surface area (Å²) in [5.74, 6) is -0.547. The lowest BCUT2D eigenvalue weighted by molar-refractivity contribution is -0.147. The molecule has 1 atom stereocenters. The number of carbonyl (C=O) groups is 1. The van der Waals surface area contributed by atoms with Crippen molar-refractivity contribution in [1.82, 2.24) is 9.29 Å². The zero-order chi connectivity index (χ0) is 19.1. The quantitative estimate of drug-likeness (QED) is 0.513. The van der Waals surface area contributed by atoms with Gasteiger partial charge in [-0.25, -0.2) is 8.42 Å². The molecule has 27 heavy (non-hydrogen) atoms. The van der Waals surface area contributed by atoms with Crippen molar-refractivity contribution in [3.05, 3.63) is 66.0 Å². The number of carbonyl (C=O) groups excluding carboxylic acids is 1. The third-order valence-electron chi connectivity index (χ3n) is 4.60. The Bertz CT molecular complexity index is 841. The SMILES string of the molecule is O=C(OCCCc1cccnc1)[C@@H]1CCCN1S(=O)(=O)Cc1ccccc1. The minimum absolute atomic E-state index is 0.0986. The molecule has 0 amide bonds. The molecule has 2 heterocycles. The summed E-state index contributed by atoms with van der Waals surface area (Å²) in [6.45, 7) is 0.640. The van der Waals surface area contributed by atoms with Gasteiger partial charge in [0.1, 0.15) is 6.04 Å². The number of sulfonamides is 1. The first kappa shape index (κ1) is 19.5. The Morgan fingerprint density at radius 1 is 1.15 bits per heavy atom. The van der Waals surface area contributed by atoms with Crippen molar-refractivity contribution in [2.45, 2.75) is 37.5 Å². The molecule has 7 heteroatoms. The second kappa shape index (κ2) is 9.10. The lowest BCUT2D eigenvalue weighted by Gasteiger charge is -2.22. The predicted octanol–water partition coefficient (Wildman–Crippen LogP) is 2.55. The smallest absolute Gasteiger partial charge is 0.324 e. The van der Waals surface area contributed by atoms with Gasteiger partial charge in [-0.1, -0.05) is 36.4 Å². The number of aromatic nitrogens is 1. The van der Waals surface area contributed by atoms with Gasteiger partial charge in [0.15, 0.2) is 0 Å². The van der Waals surface area contributed by atoms with E-state index in [1.54, 1.807) is 24.5 Å². The largest absolute Gasteiger partial charge is 0.464 e. The molecule has 1 aromatic carbocycles. The number of aryl methyl sites for hydroxylation is 1. The third kappa shape index (κ3) is 5.37. The molecule has 0 unspecified atom stereocenters. The molecule has 0 spiro atoms. The molecule has 0 aliphatic carbocycles. The van der Waals surface area contributed by atoms with Gasteiger partial charge in [0.25, 0.3) is 0 Å². The molecule has 1 aromatic heterocycles. The molecule has 1 saturated heterocycles. The van der Waals surface area contributed by atoms with Crippen molar-refractivity contribution in [1.29, 1.82) is 0 Å². The summed E-state index contributed by atoms with van der Waals surface area (Å²) in [4.78, 5) is 16.5. The summed E-state index contributed by atoms with van der Waals surface area (Å²) in [6, 6.07) is 12.2. The maximum atomic E-state index is 12.7. The highest BCUT2D eigenvalue weighted by Gasteiger charge is 2.39. The summed E-state index contributed by atoms with van der Waals surface area (Å²) in [6.07, 6.45) is 6.13. The van der Waals surface area contributed by atoms with Crippen LogP contribution in [0.15, 0.2) is 54.9 Å². The van der Waals surface area contributed by atoms with E-state index < -0.39 is 22.0 Å². The van der Waals surface area contributed by atoms with Gasteiger partial charge in [-0.15, -0.1) is 0 Å². The zero-order valence-electron chi connectivity index (χ0n) is 15.2. The van der Waals surface area contributed by atoms with E-state index in [9.17, 15) is 13.2 Å². The summed E-state index contributed by atoms with van der Waals surface area (Å²) in [5, 5.41) is 0. The lowest BCUT2D eigenvalue weighted by atomic mass is 10.2. The molecule has 6 nitrogen and oxygen atoms in total.